The lowest BCUT2D eigenvalue weighted by Crippen LogP contribution is -2.51. The zero-order chi connectivity index (χ0) is 21.9. The van der Waals surface area contributed by atoms with E-state index >= 15 is 0 Å². The molecule has 5 rings (SSSR count). The van der Waals surface area contributed by atoms with E-state index in [-0.39, 0.29) is 18.0 Å². The normalized spacial score (nSPS) is 24.8. The molecule has 164 valence electrons. The van der Waals surface area contributed by atoms with Crippen LogP contribution in [0.25, 0.3) is 0 Å². The van der Waals surface area contributed by atoms with Gasteiger partial charge in [-0.25, -0.2) is 0 Å². The lowest BCUT2D eigenvalue weighted by Gasteiger charge is -2.32. The third-order valence-electron chi connectivity index (χ3n) is 6.17. The van der Waals surface area contributed by atoms with Crippen molar-refractivity contribution >= 4 is 5.91 Å². The average molecular weight is 430 g/mol. The van der Waals surface area contributed by atoms with Crippen LogP contribution in [0.2, 0.25) is 0 Å². The van der Waals surface area contributed by atoms with Gasteiger partial charge in [0.1, 0.15) is 6.04 Å². The van der Waals surface area contributed by atoms with E-state index < -0.39 is 12.3 Å². The highest BCUT2D eigenvalue weighted by Gasteiger charge is 2.55. The SMILES string of the molecule is N[C@@H]1C(=O)N2[C@@H](c3ccccc3)OC[C@@H]2[C@H]1N(Cc1ccccc1)OCc1ccccc1. The Morgan fingerprint density at radius 1 is 0.906 bits per heavy atom. The van der Waals surface area contributed by atoms with E-state index in [1.807, 2.05) is 83.9 Å². The van der Waals surface area contributed by atoms with E-state index in [1.54, 1.807) is 4.90 Å². The maximum absolute atomic E-state index is 13.3. The Kier molecular flexibility index (Phi) is 6.01. The number of hydroxylamine groups is 2. The molecule has 2 fully saturated rings. The van der Waals surface area contributed by atoms with Crippen LogP contribution in [0.1, 0.15) is 22.9 Å². The van der Waals surface area contributed by atoms with Gasteiger partial charge >= 0.3 is 0 Å². The summed E-state index contributed by atoms with van der Waals surface area (Å²) in [5.41, 5.74) is 9.62. The van der Waals surface area contributed by atoms with Crippen molar-refractivity contribution in [3.05, 3.63) is 108 Å². The van der Waals surface area contributed by atoms with E-state index in [1.165, 1.54) is 0 Å². The minimum absolute atomic E-state index is 0.104. The summed E-state index contributed by atoms with van der Waals surface area (Å²) in [5.74, 6) is -0.104. The fraction of sp³-hybridized carbons (Fsp3) is 0.269. The molecule has 0 saturated carbocycles. The van der Waals surface area contributed by atoms with Gasteiger partial charge in [-0.2, -0.15) is 5.06 Å². The minimum Gasteiger partial charge on any atom is -0.352 e. The third kappa shape index (κ3) is 4.06. The summed E-state index contributed by atoms with van der Waals surface area (Å²) in [7, 11) is 0. The molecule has 2 N–H and O–H groups in total. The number of nitrogens with zero attached hydrogens (tertiary/aromatic N) is 2. The van der Waals surface area contributed by atoms with Crippen LogP contribution in [0.15, 0.2) is 91.0 Å². The zero-order valence-corrected chi connectivity index (χ0v) is 17.8. The molecule has 0 bridgehead atoms. The summed E-state index contributed by atoms with van der Waals surface area (Å²) in [5, 5.41) is 1.88. The Bertz CT molecular complexity index is 1030. The van der Waals surface area contributed by atoms with Gasteiger partial charge in [0.05, 0.1) is 25.3 Å². The van der Waals surface area contributed by atoms with Crippen LogP contribution in [0.4, 0.5) is 0 Å². The van der Waals surface area contributed by atoms with Crippen LogP contribution in [0.5, 0.6) is 0 Å². The summed E-state index contributed by atoms with van der Waals surface area (Å²) in [6.45, 7) is 1.35. The summed E-state index contributed by atoms with van der Waals surface area (Å²) in [6.07, 6.45) is -0.419. The number of fused-ring (bicyclic) bond motifs is 1. The summed E-state index contributed by atoms with van der Waals surface area (Å²) in [4.78, 5) is 21.4. The molecule has 6 nitrogen and oxygen atoms in total. The molecule has 1 amide bonds. The van der Waals surface area contributed by atoms with Gasteiger partial charge in [0, 0.05) is 12.1 Å². The maximum atomic E-state index is 13.3. The number of nitrogens with two attached hydrogens (primary N) is 1. The van der Waals surface area contributed by atoms with Gasteiger partial charge < -0.3 is 15.4 Å². The standard InChI is InChI=1S/C26H27N3O3/c27-23-24(22-18-31-26(29(22)25(23)30)21-14-8-3-9-15-21)28(16-19-10-4-1-5-11-19)32-17-20-12-6-2-7-13-20/h1-15,22-24,26H,16-18,27H2/t22-,23+,24-,26-/m1/s1. The Morgan fingerprint density at radius 3 is 2.16 bits per heavy atom. The number of carbonyl (C=O) groups excluding carboxylic acids is 1. The van der Waals surface area contributed by atoms with Gasteiger partial charge in [-0.15, -0.1) is 0 Å². The van der Waals surface area contributed by atoms with Crippen LogP contribution in [-0.4, -0.2) is 40.6 Å². The molecule has 0 spiro atoms. The molecule has 0 aromatic heterocycles. The highest BCUT2D eigenvalue weighted by atomic mass is 16.7. The van der Waals surface area contributed by atoms with Crippen molar-refractivity contribution in [3.63, 3.8) is 0 Å². The number of amides is 1. The number of hydrogen-bond donors (Lipinski definition) is 1. The van der Waals surface area contributed by atoms with Crippen molar-refractivity contribution in [2.45, 2.75) is 37.5 Å². The molecule has 0 unspecified atom stereocenters. The second-order valence-corrected chi connectivity index (χ2v) is 8.25. The monoisotopic (exact) mass is 429 g/mol. The summed E-state index contributed by atoms with van der Waals surface area (Å²) >= 11 is 0. The van der Waals surface area contributed by atoms with Crippen LogP contribution in [0.3, 0.4) is 0 Å². The molecule has 4 atom stereocenters. The molecule has 6 heteroatoms. The van der Waals surface area contributed by atoms with Crippen molar-refractivity contribution in [2.24, 2.45) is 5.73 Å². The Balaban J connectivity index is 1.41. The predicted molar refractivity (Wildman–Crippen MR) is 121 cm³/mol. The molecule has 3 aromatic rings. The molecule has 3 aromatic carbocycles. The highest BCUT2D eigenvalue weighted by molar-refractivity contribution is 5.86. The Labute approximate surface area is 188 Å². The largest absolute Gasteiger partial charge is 0.352 e. The highest BCUT2D eigenvalue weighted by Crippen LogP contribution is 2.39. The maximum Gasteiger partial charge on any atom is 0.243 e. The minimum atomic E-state index is -0.686. The molecule has 2 saturated heterocycles. The lowest BCUT2D eigenvalue weighted by atomic mass is 10.1. The first-order valence-corrected chi connectivity index (χ1v) is 10.9. The second kappa shape index (κ2) is 9.22. The van der Waals surface area contributed by atoms with Gasteiger partial charge in [-0.3, -0.25) is 9.63 Å². The topological polar surface area (TPSA) is 68.0 Å². The van der Waals surface area contributed by atoms with Crippen molar-refractivity contribution in [1.82, 2.24) is 9.96 Å². The number of carbonyl (C=O) groups is 1. The van der Waals surface area contributed by atoms with Crippen molar-refractivity contribution in [3.8, 4) is 0 Å². The fourth-order valence-corrected chi connectivity index (χ4v) is 4.60. The van der Waals surface area contributed by atoms with Gasteiger partial charge in [-0.1, -0.05) is 91.0 Å². The van der Waals surface area contributed by atoms with Crippen molar-refractivity contribution in [1.29, 1.82) is 0 Å². The third-order valence-corrected chi connectivity index (χ3v) is 6.17. The van der Waals surface area contributed by atoms with Gasteiger partial charge in [0.2, 0.25) is 5.91 Å². The first-order chi connectivity index (χ1) is 15.7. The van der Waals surface area contributed by atoms with Gasteiger partial charge in [0.15, 0.2) is 6.23 Å². The van der Waals surface area contributed by atoms with E-state index in [4.69, 9.17) is 15.3 Å². The van der Waals surface area contributed by atoms with Crippen LogP contribution in [-0.2, 0) is 27.5 Å². The number of benzene rings is 3. The van der Waals surface area contributed by atoms with Gasteiger partial charge in [0.25, 0.3) is 0 Å². The van der Waals surface area contributed by atoms with Crippen molar-refractivity contribution in [2.75, 3.05) is 6.61 Å². The van der Waals surface area contributed by atoms with E-state index in [2.05, 4.69) is 12.1 Å². The first-order valence-electron chi connectivity index (χ1n) is 10.9. The molecule has 0 aliphatic carbocycles. The number of ether oxygens (including phenoxy) is 1. The molecule has 0 radical (unpaired) electrons. The molecule has 2 aliphatic rings. The van der Waals surface area contributed by atoms with Crippen LogP contribution >= 0.6 is 0 Å². The Morgan fingerprint density at radius 2 is 1.50 bits per heavy atom. The molecule has 32 heavy (non-hydrogen) atoms. The second-order valence-electron chi connectivity index (χ2n) is 8.25. The molecular weight excluding hydrogens is 402 g/mol. The number of rotatable bonds is 7. The summed E-state index contributed by atoms with van der Waals surface area (Å²) < 4.78 is 6.09. The molecule has 2 heterocycles. The molecule has 2 aliphatic heterocycles. The summed E-state index contributed by atoms with van der Waals surface area (Å²) in [6, 6.07) is 28.7. The average Bonchev–Trinajstić information content (AvgIpc) is 3.38. The fourth-order valence-electron chi connectivity index (χ4n) is 4.60. The quantitative estimate of drug-likeness (QED) is 0.584. The van der Waals surface area contributed by atoms with Crippen LogP contribution < -0.4 is 5.73 Å². The number of hydrogen-bond acceptors (Lipinski definition) is 5. The van der Waals surface area contributed by atoms with E-state index in [0.29, 0.717) is 19.8 Å². The van der Waals surface area contributed by atoms with Gasteiger partial charge in [-0.05, 0) is 11.1 Å². The zero-order valence-electron chi connectivity index (χ0n) is 17.8. The Hall–Kier alpha value is -3.03. The van der Waals surface area contributed by atoms with E-state index in [0.717, 1.165) is 16.7 Å². The first kappa shape index (κ1) is 20.8. The predicted octanol–water partition coefficient (Wildman–Crippen LogP) is 3.26. The van der Waals surface area contributed by atoms with Crippen LogP contribution in [0, 0.1) is 0 Å². The smallest absolute Gasteiger partial charge is 0.243 e. The van der Waals surface area contributed by atoms with Crippen molar-refractivity contribution < 1.29 is 14.4 Å². The molecular formula is C26H27N3O3. The van der Waals surface area contributed by atoms with E-state index in [9.17, 15) is 4.79 Å². The lowest BCUT2D eigenvalue weighted by molar-refractivity contribution is -0.209.